The molecule has 68 valence electrons. The number of ether oxygens (including phenoxy) is 1. The Kier molecular flexibility index (Phi) is 3.63. The number of nitrogens with two attached hydrogens (primary N) is 1. The van der Waals surface area contributed by atoms with E-state index in [0.29, 0.717) is 18.8 Å². The zero-order valence-electron chi connectivity index (χ0n) is 7.05. The van der Waals surface area contributed by atoms with E-state index >= 15 is 0 Å². The van der Waals surface area contributed by atoms with Gasteiger partial charge in [-0.2, -0.15) is 0 Å². The van der Waals surface area contributed by atoms with Gasteiger partial charge in [0.15, 0.2) is 0 Å². The van der Waals surface area contributed by atoms with Crippen LogP contribution < -0.4 is 10.5 Å². The molecule has 0 bridgehead atoms. The first kappa shape index (κ1) is 9.38. The highest BCUT2D eigenvalue weighted by Gasteiger charge is 1.91. The lowest BCUT2D eigenvalue weighted by Gasteiger charge is -2.03. The van der Waals surface area contributed by atoms with E-state index in [1.54, 1.807) is 24.3 Å². The number of rotatable bonds is 4. The van der Waals surface area contributed by atoms with Crippen molar-refractivity contribution in [2.24, 2.45) is 10.8 Å². The molecule has 0 unspecified atom stereocenters. The number of hydrogen-bond acceptors (Lipinski definition) is 3. The van der Waals surface area contributed by atoms with Gasteiger partial charge in [0, 0.05) is 17.1 Å². The molecule has 0 saturated heterocycles. The number of azide groups is 1. The highest BCUT2D eigenvalue weighted by molar-refractivity contribution is 5.40. The van der Waals surface area contributed by atoms with Crippen molar-refractivity contribution in [1.82, 2.24) is 0 Å². The third-order valence-electron chi connectivity index (χ3n) is 1.38. The van der Waals surface area contributed by atoms with E-state index in [9.17, 15) is 0 Å². The van der Waals surface area contributed by atoms with Crippen LogP contribution in [0.2, 0.25) is 0 Å². The molecule has 0 fully saturated rings. The third kappa shape index (κ3) is 3.02. The Hall–Kier alpha value is -1.71. The Morgan fingerprint density at radius 1 is 1.38 bits per heavy atom. The summed E-state index contributed by atoms with van der Waals surface area (Å²) in [4.78, 5) is 2.66. The van der Waals surface area contributed by atoms with Crippen molar-refractivity contribution < 1.29 is 4.74 Å². The van der Waals surface area contributed by atoms with Crippen molar-refractivity contribution in [3.05, 3.63) is 34.7 Å². The van der Waals surface area contributed by atoms with Crippen LogP contribution in [0.1, 0.15) is 0 Å². The second kappa shape index (κ2) is 5.03. The van der Waals surface area contributed by atoms with Gasteiger partial charge in [0.1, 0.15) is 12.4 Å². The molecule has 0 spiro atoms. The molecule has 0 atom stereocenters. The summed E-state index contributed by atoms with van der Waals surface area (Å²) < 4.78 is 5.23. The summed E-state index contributed by atoms with van der Waals surface area (Å²) in [7, 11) is 0. The van der Waals surface area contributed by atoms with E-state index in [1.165, 1.54) is 0 Å². The van der Waals surface area contributed by atoms with E-state index < -0.39 is 0 Å². The van der Waals surface area contributed by atoms with Crippen molar-refractivity contribution in [2.75, 3.05) is 13.2 Å². The van der Waals surface area contributed by atoms with Gasteiger partial charge in [-0.3, -0.25) is 0 Å². The molecule has 0 radical (unpaired) electrons. The Labute approximate surface area is 75.7 Å². The van der Waals surface area contributed by atoms with Crippen LogP contribution in [0.15, 0.2) is 29.4 Å². The smallest absolute Gasteiger partial charge is 0.119 e. The van der Waals surface area contributed by atoms with Crippen LogP contribution in [0, 0.1) is 0 Å². The quantitative estimate of drug-likeness (QED) is 0.434. The van der Waals surface area contributed by atoms with Crippen LogP contribution in [0.25, 0.3) is 10.4 Å². The fraction of sp³-hybridized carbons (Fsp3) is 0.250. The lowest BCUT2D eigenvalue weighted by atomic mass is 10.3. The van der Waals surface area contributed by atoms with Gasteiger partial charge >= 0.3 is 0 Å². The Morgan fingerprint density at radius 3 is 2.62 bits per heavy atom. The average Bonchev–Trinajstić information content (AvgIpc) is 2.17. The van der Waals surface area contributed by atoms with E-state index in [1.807, 2.05) is 0 Å². The Morgan fingerprint density at radius 2 is 2.08 bits per heavy atom. The minimum Gasteiger partial charge on any atom is -0.492 e. The third-order valence-corrected chi connectivity index (χ3v) is 1.38. The molecule has 1 aromatic rings. The van der Waals surface area contributed by atoms with E-state index in [2.05, 4.69) is 10.0 Å². The molecule has 0 heterocycles. The van der Waals surface area contributed by atoms with Crippen LogP contribution >= 0.6 is 0 Å². The molecule has 5 heteroatoms. The lowest BCUT2D eigenvalue weighted by molar-refractivity contribution is 0.328. The minimum atomic E-state index is 0.484. The van der Waals surface area contributed by atoms with Gasteiger partial charge in [0.05, 0.1) is 0 Å². The lowest BCUT2D eigenvalue weighted by Crippen LogP contribution is -2.10. The molecular weight excluding hydrogens is 168 g/mol. The predicted molar refractivity (Wildman–Crippen MR) is 49.8 cm³/mol. The van der Waals surface area contributed by atoms with Gasteiger partial charge in [0.2, 0.25) is 0 Å². The highest BCUT2D eigenvalue weighted by atomic mass is 16.5. The van der Waals surface area contributed by atoms with E-state index in [4.69, 9.17) is 16.0 Å². The fourth-order valence-corrected chi connectivity index (χ4v) is 0.837. The van der Waals surface area contributed by atoms with Crippen LogP contribution in [0.5, 0.6) is 5.75 Å². The maximum atomic E-state index is 8.14. The predicted octanol–water partition coefficient (Wildman–Crippen LogP) is 1.97. The topological polar surface area (TPSA) is 84.0 Å². The van der Waals surface area contributed by atoms with E-state index in [0.717, 1.165) is 5.75 Å². The van der Waals surface area contributed by atoms with Crippen LogP contribution in [0.4, 0.5) is 5.69 Å². The van der Waals surface area contributed by atoms with Crippen molar-refractivity contribution >= 4 is 5.69 Å². The van der Waals surface area contributed by atoms with Gasteiger partial charge in [-0.25, -0.2) is 0 Å². The normalized spacial score (nSPS) is 9.00. The van der Waals surface area contributed by atoms with Crippen molar-refractivity contribution in [1.29, 1.82) is 0 Å². The van der Waals surface area contributed by atoms with Gasteiger partial charge in [-0.15, -0.1) is 0 Å². The number of hydrogen-bond donors (Lipinski definition) is 1. The number of nitrogens with zero attached hydrogens (tertiary/aromatic N) is 3. The van der Waals surface area contributed by atoms with Crippen LogP contribution in [-0.4, -0.2) is 13.2 Å². The standard InChI is InChI=1S/C8H10N4O/c9-5-6-13-8-3-1-7(2-4-8)11-12-10/h1-4H,5-6,9H2. The maximum absolute atomic E-state index is 8.14. The van der Waals surface area contributed by atoms with Crippen molar-refractivity contribution in [3.8, 4) is 5.75 Å². The number of benzene rings is 1. The Bertz CT molecular complexity index is 302. The second-order valence-corrected chi connectivity index (χ2v) is 2.32. The average molecular weight is 178 g/mol. The summed E-state index contributed by atoms with van der Waals surface area (Å²) in [5, 5.41) is 3.43. The summed E-state index contributed by atoms with van der Waals surface area (Å²) >= 11 is 0. The molecule has 0 amide bonds. The van der Waals surface area contributed by atoms with Crippen molar-refractivity contribution in [3.63, 3.8) is 0 Å². The molecular formula is C8H10N4O. The molecule has 0 aliphatic rings. The highest BCUT2D eigenvalue weighted by Crippen LogP contribution is 2.17. The second-order valence-electron chi connectivity index (χ2n) is 2.32. The first-order valence-corrected chi connectivity index (χ1v) is 3.85. The minimum absolute atomic E-state index is 0.484. The molecule has 13 heavy (non-hydrogen) atoms. The summed E-state index contributed by atoms with van der Waals surface area (Å²) in [6.07, 6.45) is 0. The summed E-state index contributed by atoms with van der Waals surface area (Å²) in [5.41, 5.74) is 14.0. The maximum Gasteiger partial charge on any atom is 0.119 e. The molecule has 2 N–H and O–H groups in total. The van der Waals surface area contributed by atoms with Gasteiger partial charge < -0.3 is 10.5 Å². The Balaban J connectivity index is 2.63. The first-order chi connectivity index (χ1) is 6.36. The summed E-state index contributed by atoms with van der Waals surface area (Å²) in [6.45, 7) is 0.971. The molecule has 0 aliphatic heterocycles. The molecule has 0 aliphatic carbocycles. The van der Waals surface area contributed by atoms with Crippen LogP contribution in [0.3, 0.4) is 0 Å². The van der Waals surface area contributed by atoms with Gasteiger partial charge in [-0.1, -0.05) is 5.11 Å². The molecule has 5 nitrogen and oxygen atoms in total. The summed E-state index contributed by atoms with van der Waals surface area (Å²) in [5.74, 6) is 0.724. The van der Waals surface area contributed by atoms with Crippen LogP contribution in [-0.2, 0) is 0 Å². The van der Waals surface area contributed by atoms with Gasteiger partial charge in [0.25, 0.3) is 0 Å². The molecule has 1 rings (SSSR count). The first-order valence-electron chi connectivity index (χ1n) is 3.85. The van der Waals surface area contributed by atoms with E-state index in [-0.39, 0.29) is 0 Å². The molecule has 0 saturated carbocycles. The SMILES string of the molecule is [N-]=[N+]=Nc1ccc(OCCN)cc1. The fourth-order valence-electron chi connectivity index (χ4n) is 0.837. The molecule has 1 aromatic carbocycles. The zero-order chi connectivity index (χ0) is 9.52. The van der Waals surface area contributed by atoms with Crippen molar-refractivity contribution in [2.45, 2.75) is 0 Å². The largest absolute Gasteiger partial charge is 0.492 e. The molecule has 0 aromatic heterocycles. The zero-order valence-corrected chi connectivity index (χ0v) is 7.05. The summed E-state index contributed by atoms with van der Waals surface area (Å²) in [6, 6.07) is 6.84. The van der Waals surface area contributed by atoms with Gasteiger partial charge in [-0.05, 0) is 29.8 Å². The monoisotopic (exact) mass is 178 g/mol.